The number of hydrogen-bond acceptors (Lipinski definition) is 3. The van der Waals surface area contributed by atoms with Crippen LogP contribution >= 0.6 is 24.0 Å². The Hall–Kier alpha value is -2.88. The second-order valence-corrected chi connectivity index (χ2v) is 8.87. The number of para-hydroxylation sites is 2. The van der Waals surface area contributed by atoms with Gasteiger partial charge in [-0.1, -0.05) is 43.3 Å². The maximum absolute atomic E-state index is 4.56. The zero-order chi connectivity index (χ0) is 22.6. The molecule has 2 aromatic heterocycles. The summed E-state index contributed by atoms with van der Waals surface area (Å²) in [5.41, 5.74) is 4.70. The van der Waals surface area contributed by atoms with E-state index in [4.69, 9.17) is 0 Å². The molecule has 3 heterocycles. The minimum absolute atomic E-state index is 0. The molecule has 1 aliphatic heterocycles. The molecule has 2 unspecified atom stereocenters. The summed E-state index contributed by atoms with van der Waals surface area (Å²) in [6.07, 6.45) is 8.91. The zero-order valence-corrected chi connectivity index (χ0v) is 22.0. The lowest BCUT2D eigenvalue weighted by atomic mass is 9.93. The normalized spacial score (nSPS) is 18.6. The van der Waals surface area contributed by atoms with Crippen LogP contribution in [0.4, 0.5) is 0 Å². The number of rotatable bonds is 5. The van der Waals surface area contributed by atoms with E-state index in [1.54, 1.807) is 0 Å². The first kappa shape index (κ1) is 24.3. The number of halogens is 1. The van der Waals surface area contributed by atoms with Crippen LogP contribution in [-0.2, 0) is 13.1 Å². The van der Waals surface area contributed by atoms with Crippen molar-refractivity contribution in [1.29, 1.82) is 0 Å². The van der Waals surface area contributed by atoms with Crippen LogP contribution in [0.5, 0.6) is 0 Å². The van der Waals surface area contributed by atoms with Crippen LogP contribution < -0.4 is 5.32 Å². The predicted octanol–water partition coefficient (Wildman–Crippen LogP) is 4.56. The number of aliphatic imine (C=N–C) groups is 1. The summed E-state index contributed by atoms with van der Waals surface area (Å²) in [6.45, 7) is 5.85. The van der Waals surface area contributed by atoms with Gasteiger partial charge in [0.15, 0.2) is 5.96 Å². The van der Waals surface area contributed by atoms with Gasteiger partial charge in [-0.05, 0) is 35.6 Å². The molecule has 1 saturated heterocycles. The van der Waals surface area contributed by atoms with Crippen LogP contribution in [-0.4, -0.2) is 50.1 Å². The summed E-state index contributed by atoms with van der Waals surface area (Å²) in [4.78, 5) is 15.7. The van der Waals surface area contributed by atoms with Crippen molar-refractivity contribution in [3.8, 4) is 0 Å². The maximum Gasteiger partial charge on any atom is 0.193 e. The van der Waals surface area contributed by atoms with Gasteiger partial charge in [0.05, 0.1) is 29.7 Å². The molecule has 5 rings (SSSR count). The molecule has 178 valence electrons. The van der Waals surface area contributed by atoms with Crippen molar-refractivity contribution in [3.63, 3.8) is 0 Å². The molecule has 7 nitrogen and oxygen atoms in total. The molecule has 2 aromatic carbocycles. The number of piperidine rings is 1. The van der Waals surface area contributed by atoms with Gasteiger partial charge >= 0.3 is 0 Å². The standard InChI is InChI=1S/C26H31N7.HI/c1-20-11-13-31(17-25(20)32-14-12-28-18-32)26(27-2)29-15-21-7-9-22(10-8-21)16-33-19-30-23-5-3-4-6-24(23)33;/h3-10,12,14,18-20,25H,11,13,15-17H2,1-2H3,(H,27,29);1H. The number of guanidine groups is 1. The van der Waals surface area contributed by atoms with E-state index < -0.39 is 0 Å². The van der Waals surface area contributed by atoms with Gasteiger partial charge in [-0.25, -0.2) is 9.97 Å². The highest BCUT2D eigenvalue weighted by atomic mass is 127. The highest BCUT2D eigenvalue weighted by molar-refractivity contribution is 14.0. The van der Waals surface area contributed by atoms with Crippen LogP contribution in [0.25, 0.3) is 11.0 Å². The Labute approximate surface area is 217 Å². The van der Waals surface area contributed by atoms with Gasteiger partial charge in [-0.2, -0.15) is 0 Å². The number of imidazole rings is 2. The molecule has 0 saturated carbocycles. The highest BCUT2D eigenvalue weighted by Crippen LogP contribution is 2.27. The zero-order valence-electron chi connectivity index (χ0n) is 19.7. The van der Waals surface area contributed by atoms with Gasteiger partial charge in [-0.15, -0.1) is 24.0 Å². The second kappa shape index (κ2) is 11.0. The third-order valence-electron chi connectivity index (χ3n) is 6.69. The molecule has 0 radical (unpaired) electrons. The molecule has 1 aliphatic rings. The minimum Gasteiger partial charge on any atom is -0.352 e. The van der Waals surface area contributed by atoms with Crippen LogP contribution in [0.3, 0.4) is 0 Å². The summed E-state index contributed by atoms with van der Waals surface area (Å²) in [7, 11) is 1.87. The highest BCUT2D eigenvalue weighted by Gasteiger charge is 2.28. The lowest BCUT2D eigenvalue weighted by molar-refractivity contribution is 0.189. The van der Waals surface area contributed by atoms with Crippen LogP contribution in [0.2, 0.25) is 0 Å². The van der Waals surface area contributed by atoms with Gasteiger partial charge < -0.3 is 19.4 Å². The second-order valence-electron chi connectivity index (χ2n) is 8.87. The van der Waals surface area contributed by atoms with E-state index in [9.17, 15) is 0 Å². The molecule has 0 amide bonds. The van der Waals surface area contributed by atoms with Crippen LogP contribution in [0.1, 0.15) is 30.5 Å². The minimum atomic E-state index is 0. The average Bonchev–Trinajstić information content (AvgIpc) is 3.52. The Morgan fingerprint density at radius 3 is 2.65 bits per heavy atom. The van der Waals surface area contributed by atoms with Crippen molar-refractivity contribution in [1.82, 2.24) is 29.3 Å². The fraction of sp³-hybridized carbons (Fsp3) is 0.346. The average molecular weight is 569 g/mol. The van der Waals surface area contributed by atoms with E-state index in [2.05, 4.69) is 83.8 Å². The van der Waals surface area contributed by atoms with E-state index in [1.165, 1.54) is 11.1 Å². The first-order valence-corrected chi connectivity index (χ1v) is 11.6. The number of likely N-dealkylation sites (tertiary alicyclic amines) is 1. The Morgan fingerprint density at radius 2 is 1.88 bits per heavy atom. The van der Waals surface area contributed by atoms with Crippen molar-refractivity contribution in [2.45, 2.75) is 32.5 Å². The number of nitrogens with one attached hydrogen (secondary N) is 1. The SMILES string of the molecule is CN=C(NCc1ccc(Cn2cnc3ccccc32)cc1)N1CCC(C)C(n2ccnc2)C1.I. The lowest BCUT2D eigenvalue weighted by Gasteiger charge is -2.39. The molecule has 0 bridgehead atoms. The summed E-state index contributed by atoms with van der Waals surface area (Å²) >= 11 is 0. The Kier molecular flexibility index (Phi) is 7.87. The molecule has 34 heavy (non-hydrogen) atoms. The predicted molar refractivity (Wildman–Crippen MR) is 148 cm³/mol. The van der Waals surface area contributed by atoms with Gasteiger partial charge in [0.2, 0.25) is 0 Å². The lowest BCUT2D eigenvalue weighted by Crippen LogP contribution is -2.48. The van der Waals surface area contributed by atoms with Gasteiger partial charge in [-0.3, -0.25) is 4.99 Å². The number of hydrogen-bond donors (Lipinski definition) is 1. The first-order valence-electron chi connectivity index (χ1n) is 11.6. The van der Waals surface area contributed by atoms with Crippen LogP contribution in [0.15, 0.2) is 78.6 Å². The van der Waals surface area contributed by atoms with Crippen molar-refractivity contribution in [2.24, 2.45) is 10.9 Å². The van der Waals surface area contributed by atoms with E-state index >= 15 is 0 Å². The van der Waals surface area contributed by atoms with E-state index in [0.29, 0.717) is 12.0 Å². The van der Waals surface area contributed by atoms with E-state index in [0.717, 1.165) is 49.6 Å². The summed E-state index contributed by atoms with van der Waals surface area (Å²) in [5, 5.41) is 3.56. The number of nitrogens with zero attached hydrogens (tertiary/aromatic N) is 6. The Bertz CT molecular complexity index is 1210. The van der Waals surface area contributed by atoms with E-state index in [-0.39, 0.29) is 24.0 Å². The molecule has 0 aliphatic carbocycles. The maximum atomic E-state index is 4.56. The van der Waals surface area contributed by atoms with Gasteiger partial charge in [0, 0.05) is 45.6 Å². The summed E-state index contributed by atoms with van der Waals surface area (Å²) < 4.78 is 4.42. The number of fused-ring (bicyclic) bond motifs is 1. The summed E-state index contributed by atoms with van der Waals surface area (Å²) in [5.74, 6) is 1.58. The molecule has 8 heteroatoms. The first-order chi connectivity index (χ1) is 16.2. The molecule has 1 N–H and O–H groups in total. The quantitative estimate of drug-likeness (QED) is 0.218. The van der Waals surface area contributed by atoms with E-state index in [1.807, 2.05) is 38.0 Å². The molecular formula is C26H32IN7. The third-order valence-corrected chi connectivity index (χ3v) is 6.69. The molecule has 0 spiro atoms. The van der Waals surface area contributed by atoms with Gasteiger partial charge in [0.25, 0.3) is 0 Å². The Balaban J connectivity index is 0.00000274. The van der Waals surface area contributed by atoms with Gasteiger partial charge in [0.1, 0.15) is 0 Å². The van der Waals surface area contributed by atoms with Crippen molar-refractivity contribution < 1.29 is 0 Å². The number of aromatic nitrogens is 4. The van der Waals surface area contributed by atoms with Crippen molar-refractivity contribution in [2.75, 3.05) is 20.1 Å². The third kappa shape index (κ3) is 5.27. The molecule has 1 fully saturated rings. The molecule has 4 aromatic rings. The summed E-state index contributed by atoms with van der Waals surface area (Å²) in [6, 6.07) is 17.5. The Morgan fingerprint density at radius 1 is 1.09 bits per heavy atom. The van der Waals surface area contributed by atoms with Crippen molar-refractivity contribution in [3.05, 3.63) is 84.7 Å². The number of benzene rings is 2. The largest absolute Gasteiger partial charge is 0.352 e. The fourth-order valence-electron chi connectivity index (χ4n) is 4.70. The fourth-order valence-corrected chi connectivity index (χ4v) is 4.70. The smallest absolute Gasteiger partial charge is 0.193 e. The molecule has 2 atom stereocenters. The molecular weight excluding hydrogens is 537 g/mol. The van der Waals surface area contributed by atoms with Crippen molar-refractivity contribution >= 4 is 41.0 Å². The van der Waals surface area contributed by atoms with Crippen LogP contribution in [0, 0.1) is 5.92 Å². The monoisotopic (exact) mass is 569 g/mol. The topological polar surface area (TPSA) is 63.3 Å².